The zero-order valence-corrected chi connectivity index (χ0v) is 14.4. The van der Waals surface area contributed by atoms with Gasteiger partial charge in [-0.15, -0.1) is 0 Å². The molecule has 0 aliphatic carbocycles. The molecule has 0 unspecified atom stereocenters. The number of aryl methyl sites for hydroxylation is 1. The van der Waals surface area contributed by atoms with E-state index in [0.717, 1.165) is 34.0 Å². The summed E-state index contributed by atoms with van der Waals surface area (Å²) in [4.78, 5) is 0.593. The minimum absolute atomic E-state index is 0.370. The first-order valence-electron chi connectivity index (χ1n) is 7.71. The van der Waals surface area contributed by atoms with Gasteiger partial charge in [0.1, 0.15) is 11.2 Å². The number of thioether (sulfide) groups is 1. The first-order valence-corrected chi connectivity index (χ1v) is 8.52. The minimum atomic E-state index is -0.397. The van der Waals surface area contributed by atoms with Gasteiger partial charge in [0.2, 0.25) is 0 Å². The molecule has 25 heavy (non-hydrogen) atoms. The predicted molar refractivity (Wildman–Crippen MR) is 100 cm³/mol. The molecule has 0 amide bonds. The summed E-state index contributed by atoms with van der Waals surface area (Å²) in [6, 6.07) is 21.1. The Hall–Kier alpha value is -3.01. The van der Waals surface area contributed by atoms with E-state index < -0.39 is 5.82 Å². The van der Waals surface area contributed by atoms with Gasteiger partial charge in [0, 0.05) is 10.5 Å². The molecule has 0 bridgehead atoms. The van der Waals surface area contributed by atoms with E-state index in [1.165, 1.54) is 6.07 Å². The van der Waals surface area contributed by atoms with Crippen LogP contribution in [0.3, 0.4) is 0 Å². The van der Waals surface area contributed by atoms with Gasteiger partial charge in [0.25, 0.3) is 0 Å². The van der Waals surface area contributed by atoms with Crippen LogP contribution in [0.2, 0.25) is 0 Å². The van der Waals surface area contributed by atoms with E-state index in [9.17, 15) is 4.39 Å². The molecule has 0 aromatic heterocycles. The van der Waals surface area contributed by atoms with Crippen molar-refractivity contribution in [3.8, 4) is 28.4 Å². The summed E-state index contributed by atoms with van der Waals surface area (Å²) in [5.41, 5.74) is 4.19. The Kier molecular flexibility index (Phi) is 5.19. The van der Waals surface area contributed by atoms with E-state index in [2.05, 4.69) is 24.0 Å². The molecule has 0 radical (unpaired) electrons. The highest BCUT2D eigenvalue weighted by Crippen LogP contribution is 2.23. The molecule has 1 nitrogen and oxygen atoms in total. The molecule has 120 valence electrons. The summed E-state index contributed by atoms with van der Waals surface area (Å²) in [5, 5.41) is 10.6. The van der Waals surface area contributed by atoms with Crippen molar-refractivity contribution in [3.05, 3.63) is 89.2 Å². The zero-order chi connectivity index (χ0) is 17.6. The lowest BCUT2D eigenvalue weighted by atomic mass is 10.0. The van der Waals surface area contributed by atoms with Crippen molar-refractivity contribution >= 4 is 11.8 Å². The van der Waals surface area contributed by atoms with Crippen LogP contribution in [0.4, 0.5) is 4.39 Å². The maximum atomic E-state index is 14.2. The van der Waals surface area contributed by atoms with Gasteiger partial charge in [0.05, 0.1) is 5.56 Å². The Labute approximate surface area is 151 Å². The number of hydrogen-bond acceptors (Lipinski definition) is 2. The van der Waals surface area contributed by atoms with Gasteiger partial charge in [0.15, 0.2) is 0 Å². The topological polar surface area (TPSA) is 23.8 Å². The first-order chi connectivity index (χ1) is 12.2. The van der Waals surface area contributed by atoms with Crippen molar-refractivity contribution in [2.75, 3.05) is 0 Å². The number of thiocyanates is 1. The third-order valence-electron chi connectivity index (χ3n) is 3.75. The van der Waals surface area contributed by atoms with E-state index >= 15 is 0 Å². The molecule has 3 aromatic rings. The predicted octanol–water partition coefficient (Wildman–Crippen LogP) is 5.77. The van der Waals surface area contributed by atoms with Crippen molar-refractivity contribution < 1.29 is 4.39 Å². The average molecular weight is 343 g/mol. The van der Waals surface area contributed by atoms with Crippen molar-refractivity contribution in [3.63, 3.8) is 0 Å². The molecular formula is C22H14FNS. The highest BCUT2D eigenvalue weighted by Gasteiger charge is 2.06. The number of halogens is 1. The molecule has 0 N–H and O–H groups in total. The molecule has 0 aliphatic rings. The Morgan fingerprint density at radius 2 is 1.56 bits per heavy atom. The fourth-order valence-electron chi connectivity index (χ4n) is 2.49. The summed E-state index contributed by atoms with van der Waals surface area (Å²) >= 11 is 0.944. The van der Waals surface area contributed by atoms with Crippen LogP contribution in [0.5, 0.6) is 0 Å². The maximum absolute atomic E-state index is 14.2. The molecular weight excluding hydrogens is 329 g/mol. The Morgan fingerprint density at radius 1 is 0.880 bits per heavy atom. The number of rotatable bonds is 2. The standard InChI is InChI=1S/C22H14FNS/c1-16-13-20(25-15-24)14-22(23)21(16)12-9-17-7-10-19(11-8-17)18-5-3-2-4-6-18/h2-8,10-11,13-14H,1H3. The van der Waals surface area contributed by atoms with Crippen molar-refractivity contribution in [1.82, 2.24) is 0 Å². The van der Waals surface area contributed by atoms with Gasteiger partial charge in [-0.05, 0) is 59.6 Å². The molecule has 3 aromatic carbocycles. The third kappa shape index (κ3) is 4.10. The van der Waals surface area contributed by atoms with Crippen LogP contribution in [0.15, 0.2) is 71.6 Å². The van der Waals surface area contributed by atoms with Crippen LogP contribution < -0.4 is 0 Å². The van der Waals surface area contributed by atoms with Crippen molar-refractivity contribution in [2.24, 2.45) is 0 Å². The second-order valence-corrected chi connectivity index (χ2v) is 6.34. The molecule has 0 saturated carbocycles. The second-order valence-electron chi connectivity index (χ2n) is 5.48. The van der Waals surface area contributed by atoms with E-state index in [4.69, 9.17) is 5.26 Å². The fraction of sp³-hybridized carbons (Fsp3) is 0.0455. The highest BCUT2D eigenvalue weighted by molar-refractivity contribution is 8.03. The molecule has 0 atom stereocenters. The first kappa shape index (κ1) is 16.8. The lowest BCUT2D eigenvalue weighted by molar-refractivity contribution is 0.619. The molecule has 0 spiro atoms. The SMILES string of the molecule is Cc1cc(SC#N)cc(F)c1C#Cc1ccc(-c2ccccc2)cc1. The summed E-state index contributed by atoms with van der Waals surface area (Å²) in [6.07, 6.45) is 0. The van der Waals surface area contributed by atoms with Crippen LogP contribution in [0.1, 0.15) is 16.7 Å². The number of hydrogen-bond donors (Lipinski definition) is 0. The number of benzene rings is 3. The Balaban J connectivity index is 1.86. The second kappa shape index (κ2) is 7.71. The van der Waals surface area contributed by atoms with E-state index in [-0.39, 0.29) is 0 Å². The van der Waals surface area contributed by atoms with Gasteiger partial charge in [-0.2, -0.15) is 5.26 Å². The lowest BCUT2D eigenvalue weighted by Gasteiger charge is -2.03. The zero-order valence-electron chi connectivity index (χ0n) is 13.6. The van der Waals surface area contributed by atoms with Crippen LogP contribution in [-0.4, -0.2) is 0 Å². The molecule has 3 rings (SSSR count). The number of nitrogens with zero attached hydrogens (tertiary/aromatic N) is 1. The summed E-state index contributed by atoms with van der Waals surface area (Å²) in [7, 11) is 0. The fourth-order valence-corrected chi connectivity index (χ4v) is 3.00. The minimum Gasteiger partial charge on any atom is -0.206 e. The van der Waals surface area contributed by atoms with E-state index in [1.54, 1.807) is 13.0 Å². The van der Waals surface area contributed by atoms with Gasteiger partial charge in [-0.1, -0.05) is 54.3 Å². The van der Waals surface area contributed by atoms with Crippen LogP contribution in [0, 0.1) is 35.2 Å². The van der Waals surface area contributed by atoms with Gasteiger partial charge in [-0.25, -0.2) is 4.39 Å². The molecule has 0 saturated heterocycles. The van der Waals surface area contributed by atoms with E-state index in [0.29, 0.717) is 10.5 Å². The summed E-state index contributed by atoms with van der Waals surface area (Å²) in [6.45, 7) is 1.80. The quantitative estimate of drug-likeness (QED) is 0.335. The third-order valence-corrected chi connectivity index (χ3v) is 4.31. The van der Waals surface area contributed by atoms with Crippen molar-refractivity contribution in [2.45, 2.75) is 11.8 Å². The molecule has 0 aliphatic heterocycles. The summed E-state index contributed by atoms with van der Waals surface area (Å²) in [5.74, 6) is 5.52. The monoisotopic (exact) mass is 343 g/mol. The molecule has 3 heteroatoms. The highest BCUT2D eigenvalue weighted by atomic mass is 32.2. The Bertz CT molecular complexity index is 967. The summed E-state index contributed by atoms with van der Waals surface area (Å²) < 4.78 is 14.2. The van der Waals surface area contributed by atoms with Gasteiger partial charge < -0.3 is 0 Å². The van der Waals surface area contributed by atoms with E-state index in [1.807, 2.05) is 47.9 Å². The normalized spacial score (nSPS) is 9.80. The molecule has 0 fully saturated rings. The average Bonchev–Trinajstić information content (AvgIpc) is 2.62. The van der Waals surface area contributed by atoms with Crippen molar-refractivity contribution in [1.29, 1.82) is 5.26 Å². The van der Waals surface area contributed by atoms with Crippen LogP contribution in [0.25, 0.3) is 11.1 Å². The smallest absolute Gasteiger partial charge is 0.140 e. The Morgan fingerprint density at radius 3 is 2.20 bits per heavy atom. The lowest BCUT2D eigenvalue weighted by Crippen LogP contribution is -1.90. The van der Waals surface area contributed by atoms with Crippen LogP contribution >= 0.6 is 11.8 Å². The maximum Gasteiger partial charge on any atom is 0.140 e. The molecule has 0 heterocycles. The largest absolute Gasteiger partial charge is 0.206 e. The van der Waals surface area contributed by atoms with Gasteiger partial charge >= 0.3 is 0 Å². The number of nitriles is 1. The van der Waals surface area contributed by atoms with Crippen LogP contribution in [-0.2, 0) is 0 Å². The van der Waals surface area contributed by atoms with Gasteiger partial charge in [-0.3, -0.25) is 0 Å².